The summed E-state index contributed by atoms with van der Waals surface area (Å²) in [6, 6.07) is 8.83. The molecule has 0 unspecified atom stereocenters. The Morgan fingerprint density at radius 3 is 2.00 bits per heavy atom. The zero-order valence-electron chi connectivity index (χ0n) is 8.72. The second kappa shape index (κ2) is 7.00. The molecule has 0 aliphatic carbocycles. The van der Waals surface area contributed by atoms with Gasteiger partial charge in [0.05, 0.1) is 5.57 Å². The Hall–Kier alpha value is -2.36. The molecule has 1 rings (SSSR count). The summed E-state index contributed by atoms with van der Waals surface area (Å²) in [4.78, 5) is 19.9. The molecule has 0 aliphatic heterocycles. The minimum atomic E-state index is -0.976. The minimum Gasteiger partial charge on any atom is -0.478 e. The first kappa shape index (κ1) is 13.6. The average Bonchev–Trinajstić information content (AvgIpc) is 2.29. The molecule has 0 fully saturated rings. The van der Waals surface area contributed by atoms with Crippen molar-refractivity contribution in [2.75, 3.05) is 0 Å². The van der Waals surface area contributed by atoms with E-state index in [0.717, 1.165) is 6.08 Å². The predicted octanol–water partition coefficient (Wildman–Crippen LogP) is 1.44. The van der Waals surface area contributed by atoms with Gasteiger partial charge < -0.3 is 10.8 Å². The van der Waals surface area contributed by atoms with Crippen molar-refractivity contribution in [3.63, 3.8) is 0 Å². The van der Waals surface area contributed by atoms with Crippen LogP contribution in [0.3, 0.4) is 0 Å². The molecule has 16 heavy (non-hydrogen) atoms. The Balaban J connectivity index is 0.000000385. The van der Waals surface area contributed by atoms with E-state index in [2.05, 4.69) is 18.9 Å². The Labute approximate surface area is 93.7 Å². The van der Waals surface area contributed by atoms with Gasteiger partial charge in [0.2, 0.25) is 5.91 Å². The number of carbonyl (C=O) groups excluding carboxylic acids is 1. The lowest BCUT2D eigenvalue weighted by molar-refractivity contribution is -0.130. The Morgan fingerprint density at radius 2 is 1.69 bits per heavy atom. The van der Waals surface area contributed by atoms with E-state index in [9.17, 15) is 9.59 Å². The quantitative estimate of drug-likeness (QED) is 0.755. The molecule has 0 aliphatic rings. The number of carboxylic acid groups (broad SMARTS) is 1. The Bertz CT molecular complexity index is 396. The summed E-state index contributed by atoms with van der Waals surface area (Å²) < 4.78 is 0. The third-order valence-corrected chi connectivity index (χ3v) is 1.58. The second-order valence-corrected chi connectivity index (χ2v) is 2.76. The molecular weight excluding hydrogens is 206 g/mol. The number of benzene rings is 1. The third kappa shape index (κ3) is 5.39. The summed E-state index contributed by atoms with van der Waals surface area (Å²) in [5.74, 6) is -1.46. The molecular formula is C12H13NO3. The van der Waals surface area contributed by atoms with E-state index >= 15 is 0 Å². The average molecular weight is 219 g/mol. The maximum atomic E-state index is 10.4. The molecule has 1 aromatic rings. The molecule has 0 heterocycles. The number of carboxylic acids is 1. The largest absolute Gasteiger partial charge is 0.478 e. The number of carbonyl (C=O) groups is 2. The van der Waals surface area contributed by atoms with Crippen molar-refractivity contribution in [2.45, 2.75) is 0 Å². The number of rotatable bonds is 3. The molecule has 0 atom stereocenters. The highest BCUT2D eigenvalue weighted by Gasteiger charge is 2.04. The summed E-state index contributed by atoms with van der Waals surface area (Å²) in [7, 11) is 0. The fraction of sp³-hybridized carbons (Fsp3) is 0. The first-order valence-corrected chi connectivity index (χ1v) is 4.38. The minimum absolute atomic E-state index is 0.130. The molecule has 0 saturated heterocycles. The van der Waals surface area contributed by atoms with Crippen LogP contribution in [0.15, 0.2) is 49.6 Å². The third-order valence-electron chi connectivity index (χ3n) is 1.58. The summed E-state index contributed by atoms with van der Waals surface area (Å²) in [5.41, 5.74) is 5.32. The first-order chi connectivity index (χ1) is 7.49. The van der Waals surface area contributed by atoms with Crippen molar-refractivity contribution < 1.29 is 14.7 Å². The highest BCUT2D eigenvalue weighted by atomic mass is 16.4. The van der Waals surface area contributed by atoms with Gasteiger partial charge in [-0.25, -0.2) is 4.79 Å². The van der Waals surface area contributed by atoms with E-state index in [0.29, 0.717) is 5.56 Å². The van der Waals surface area contributed by atoms with E-state index in [1.807, 2.05) is 6.07 Å². The van der Waals surface area contributed by atoms with Crippen LogP contribution in [0.4, 0.5) is 0 Å². The maximum Gasteiger partial charge on any atom is 0.335 e. The molecule has 0 saturated carbocycles. The van der Waals surface area contributed by atoms with Crippen LogP contribution in [0.5, 0.6) is 0 Å². The molecule has 4 heteroatoms. The Morgan fingerprint density at radius 1 is 1.25 bits per heavy atom. The SMILES string of the molecule is C=C(C(=O)O)c1ccccc1.C=CC(N)=O. The standard InChI is InChI=1S/C9H8O2.C3H5NO/c1-7(9(10)11)8-5-3-2-4-6-8;1-2-3(4)5/h2-6H,1H2,(H,10,11);2H,1H2,(H2,4,5). The van der Waals surface area contributed by atoms with Crippen LogP contribution in [0, 0.1) is 0 Å². The van der Waals surface area contributed by atoms with Crippen molar-refractivity contribution in [3.8, 4) is 0 Å². The van der Waals surface area contributed by atoms with Crippen molar-refractivity contribution >= 4 is 17.4 Å². The lowest BCUT2D eigenvalue weighted by Gasteiger charge is -1.97. The van der Waals surface area contributed by atoms with Gasteiger partial charge in [0.25, 0.3) is 0 Å². The lowest BCUT2D eigenvalue weighted by Crippen LogP contribution is -2.04. The Kier molecular flexibility index (Phi) is 5.97. The molecule has 0 spiro atoms. The number of primary amides is 1. The van der Waals surface area contributed by atoms with Gasteiger partial charge in [-0.15, -0.1) is 0 Å². The smallest absolute Gasteiger partial charge is 0.335 e. The number of nitrogens with two attached hydrogens (primary N) is 1. The van der Waals surface area contributed by atoms with Gasteiger partial charge in [0.1, 0.15) is 0 Å². The highest BCUT2D eigenvalue weighted by Crippen LogP contribution is 2.10. The van der Waals surface area contributed by atoms with Gasteiger partial charge in [0.15, 0.2) is 0 Å². The molecule has 0 bridgehead atoms. The van der Waals surface area contributed by atoms with Crippen molar-refractivity contribution in [2.24, 2.45) is 5.73 Å². The van der Waals surface area contributed by atoms with Crippen LogP contribution in [0.2, 0.25) is 0 Å². The van der Waals surface area contributed by atoms with Gasteiger partial charge in [-0.2, -0.15) is 0 Å². The molecule has 4 nitrogen and oxygen atoms in total. The zero-order chi connectivity index (χ0) is 12.6. The fourth-order valence-electron chi connectivity index (χ4n) is 0.763. The number of amides is 1. The van der Waals surface area contributed by atoms with Gasteiger partial charge in [-0.05, 0) is 11.6 Å². The molecule has 1 amide bonds. The monoisotopic (exact) mass is 219 g/mol. The van der Waals surface area contributed by atoms with Gasteiger partial charge in [0, 0.05) is 0 Å². The van der Waals surface area contributed by atoms with Crippen molar-refractivity contribution in [3.05, 3.63) is 55.1 Å². The molecule has 0 aromatic heterocycles. The number of hydrogen-bond donors (Lipinski definition) is 2. The van der Waals surface area contributed by atoms with Gasteiger partial charge in [-0.1, -0.05) is 43.5 Å². The van der Waals surface area contributed by atoms with E-state index in [-0.39, 0.29) is 5.57 Å². The first-order valence-electron chi connectivity index (χ1n) is 4.38. The van der Waals surface area contributed by atoms with E-state index < -0.39 is 11.9 Å². The molecule has 0 radical (unpaired) electrons. The summed E-state index contributed by atoms with van der Waals surface area (Å²) >= 11 is 0. The fourth-order valence-corrected chi connectivity index (χ4v) is 0.763. The van der Waals surface area contributed by atoms with Crippen molar-refractivity contribution in [1.82, 2.24) is 0 Å². The van der Waals surface area contributed by atoms with Crippen LogP contribution in [-0.2, 0) is 9.59 Å². The summed E-state index contributed by atoms with van der Waals surface area (Å²) in [5, 5.41) is 8.54. The summed E-state index contributed by atoms with van der Waals surface area (Å²) in [6.07, 6.45) is 1.06. The van der Waals surface area contributed by atoms with E-state index in [4.69, 9.17) is 5.11 Å². The maximum absolute atomic E-state index is 10.4. The van der Waals surface area contributed by atoms with E-state index in [1.165, 1.54) is 0 Å². The zero-order valence-corrected chi connectivity index (χ0v) is 8.72. The predicted molar refractivity (Wildman–Crippen MR) is 62.5 cm³/mol. The lowest BCUT2D eigenvalue weighted by atomic mass is 10.1. The normalized spacial score (nSPS) is 8.25. The molecule has 1 aromatic carbocycles. The highest BCUT2D eigenvalue weighted by molar-refractivity contribution is 6.14. The van der Waals surface area contributed by atoms with Crippen LogP contribution in [0.25, 0.3) is 5.57 Å². The second-order valence-electron chi connectivity index (χ2n) is 2.76. The molecule has 3 N–H and O–H groups in total. The van der Waals surface area contributed by atoms with Crippen LogP contribution in [-0.4, -0.2) is 17.0 Å². The van der Waals surface area contributed by atoms with Crippen LogP contribution < -0.4 is 5.73 Å². The van der Waals surface area contributed by atoms with E-state index in [1.54, 1.807) is 24.3 Å². The topological polar surface area (TPSA) is 80.4 Å². The summed E-state index contributed by atoms with van der Waals surface area (Å²) in [6.45, 7) is 6.51. The number of hydrogen-bond acceptors (Lipinski definition) is 2. The van der Waals surface area contributed by atoms with Gasteiger partial charge >= 0.3 is 5.97 Å². The number of aliphatic carboxylic acids is 1. The van der Waals surface area contributed by atoms with Crippen LogP contribution >= 0.6 is 0 Å². The van der Waals surface area contributed by atoms with Crippen LogP contribution in [0.1, 0.15) is 5.56 Å². The van der Waals surface area contributed by atoms with Gasteiger partial charge in [-0.3, -0.25) is 4.79 Å². The van der Waals surface area contributed by atoms with Crippen molar-refractivity contribution in [1.29, 1.82) is 0 Å². The molecule has 84 valence electrons.